The minimum absolute atomic E-state index is 0.695. The predicted octanol–water partition coefficient (Wildman–Crippen LogP) is 3.05. The number of aromatic nitrogens is 5. The molecule has 0 aliphatic rings. The Balaban J connectivity index is 1.80. The van der Waals surface area contributed by atoms with Gasteiger partial charge < -0.3 is 4.98 Å². The lowest BCUT2D eigenvalue weighted by Crippen LogP contribution is -1.89. The molecule has 1 N–H and O–H groups in total. The summed E-state index contributed by atoms with van der Waals surface area (Å²) >= 11 is 1.49. The summed E-state index contributed by atoms with van der Waals surface area (Å²) in [5, 5.41) is 2.60. The summed E-state index contributed by atoms with van der Waals surface area (Å²) in [4.78, 5) is 20.5. The average Bonchev–Trinajstić information content (AvgIpc) is 2.90. The quantitative estimate of drug-likeness (QED) is 0.571. The lowest BCUT2D eigenvalue weighted by molar-refractivity contribution is 1.04. The van der Waals surface area contributed by atoms with Crippen LogP contribution in [-0.2, 0) is 0 Å². The molecule has 3 aromatic heterocycles. The van der Waals surface area contributed by atoms with Crippen molar-refractivity contribution in [3.63, 3.8) is 0 Å². The number of para-hydroxylation sites is 2. The molecule has 0 atom stereocenters. The van der Waals surface area contributed by atoms with Crippen LogP contribution in [0.2, 0.25) is 0 Å². The Labute approximate surface area is 118 Å². The second-order valence-corrected chi connectivity index (χ2v) is 5.19. The maximum atomic E-state index is 4.54. The number of fused-ring (bicyclic) bond motifs is 2. The summed E-state index contributed by atoms with van der Waals surface area (Å²) in [6, 6.07) is 11.8. The van der Waals surface area contributed by atoms with E-state index in [1.165, 1.54) is 18.1 Å². The van der Waals surface area contributed by atoms with Gasteiger partial charge in [0.25, 0.3) is 0 Å². The van der Waals surface area contributed by atoms with Gasteiger partial charge in [-0.05, 0) is 36.0 Å². The van der Waals surface area contributed by atoms with Crippen LogP contribution in [0.4, 0.5) is 0 Å². The van der Waals surface area contributed by atoms with Gasteiger partial charge in [-0.3, -0.25) is 0 Å². The lowest BCUT2D eigenvalue weighted by Gasteiger charge is -2.00. The largest absolute Gasteiger partial charge is 0.333 e. The Bertz CT molecular complexity index is 864. The van der Waals surface area contributed by atoms with E-state index in [0.717, 1.165) is 26.6 Å². The van der Waals surface area contributed by atoms with E-state index in [2.05, 4.69) is 24.9 Å². The third-order valence-corrected chi connectivity index (χ3v) is 3.84. The maximum absolute atomic E-state index is 4.54. The van der Waals surface area contributed by atoms with Crippen molar-refractivity contribution in [2.75, 3.05) is 0 Å². The summed E-state index contributed by atoms with van der Waals surface area (Å²) in [7, 11) is 0. The second-order valence-electron chi connectivity index (χ2n) is 4.21. The minimum Gasteiger partial charge on any atom is -0.333 e. The molecule has 20 heavy (non-hydrogen) atoms. The monoisotopic (exact) mass is 279 g/mol. The van der Waals surface area contributed by atoms with E-state index in [0.29, 0.717) is 5.65 Å². The zero-order chi connectivity index (χ0) is 13.4. The van der Waals surface area contributed by atoms with E-state index >= 15 is 0 Å². The van der Waals surface area contributed by atoms with Gasteiger partial charge in [-0.2, -0.15) is 0 Å². The van der Waals surface area contributed by atoms with Gasteiger partial charge in [-0.25, -0.2) is 19.9 Å². The zero-order valence-corrected chi connectivity index (χ0v) is 11.1. The molecule has 0 aliphatic heterocycles. The van der Waals surface area contributed by atoms with Crippen LogP contribution in [0.5, 0.6) is 0 Å². The van der Waals surface area contributed by atoms with E-state index in [1.54, 1.807) is 6.20 Å². The van der Waals surface area contributed by atoms with Crippen LogP contribution in [0.1, 0.15) is 0 Å². The molecule has 4 aromatic rings. The first kappa shape index (κ1) is 11.4. The Morgan fingerprint density at radius 1 is 0.950 bits per heavy atom. The maximum Gasteiger partial charge on any atom is 0.172 e. The van der Waals surface area contributed by atoms with Gasteiger partial charge in [0.1, 0.15) is 11.4 Å². The van der Waals surface area contributed by atoms with Crippen molar-refractivity contribution < 1.29 is 0 Å². The lowest BCUT2D eigenvalue weighted by atomic mass is 10.3. The molecule has 4 rings (SSSR count). The zero-order valence-electron chi connectivity index (χ0n) is 10.3. The van der Waals surface area contributed by atoms with Crippen molar-refractivity contribution in [3.8, 4) is 0 Å². The summed E-state index contributed by atoms with van der Waals surface area (Å²) in [5.41, 5.74) is 2.67. The van der Waals surface area contributed by atoms with E-state index in [-0.39, 0.29) is 0 Å². The third-order valence-electron chi connectivity index (χ3n) is 2.93. The number of H-pyrrole nitrogens is 1. The molecule has 0 saturated heterocycles. The molecule has 0 radical (unpaired) electrons. The van der Waals surface area contributed by atoms with Crippen LogP contribution in [0.25, 0.3) is 22.1 Å². The molecule has 3 heterocycles. The van der Waals surface area contributed by atoms with Crippen LogP contribution < -0.4 is 0 Å². The highest BCUT2D eigenvalue weighted by molar-refractivity contribution is 7.99. The molecule has 0 amide bonds. The molecule has 0 saturated carbocycles. The fourth-order valence-electron chi connectivity index (χ4n) is 2.02. The SMILES string of the molecule is c1ccc2[nH]c(Sc3ncnc4ncccc34)nc2c1. The van der Waals surface area contributed by atoms with Gasteiger partial charge in [0.2, 0.25) is 0 Å². The second kappa shape index (κ2) is 4.57. The molecule has 96 valence electrons. The number of aromatic amines is 1. The van der Waals surface area contributed by atoms with Crippen molar-refractivity contribution in [3.05, 3.63) is 48.9 Å². The van der Waals surface area contributed by atoms with Crippen LogP contribution in [0.3, 0.4) is 0 Å². The van der Waals surface area contributed by atoms with Crippen LogP contribution in [0, 0.1) is 0 Å². The van der Waals surface area contributed by atoms with Crippen molar-refractivity contribution in [1.29, 1.82) is 0 Å². The van der Waals surface area contributed by atoms with Gasteiger partial charge in [0, 0.05) is 6.20 Å². The van der Waals surface area contributed by atoms with E-state index < -0.39 is 0 Å². The summed E-state index contributed by atoms with van der Waals surface area (Å²) in [6.45, 7) is 0. The molecular weight excluding hydrogens is 270 g/mol. The Hall–Kier alpha value is -2.47. The molecule has 0 unspecified atom stereocenters. The van der Waals surface area contributed by atoms with Crippen molar-refractivity contribution in [2.24, 2.45) is 0 Å². The molecule has 1 aromatic carbocycles. The molecule has 0 aliphatic carbocycles. The van der Waals surface area contributed by atoms with E-state index in [1.807, 2.05) is 36.4 Å². The third kappa shape index (κ3) is 1.90. The first-order chi connectivity index (χ1) is 9.90. The van der Waals surface area contributed by atoms with E-state index in [9.17, 15) is 0 Å². The number of benzene rings is 1. The van der Waals surface area contributed by atoms with Crippen molar-refractivity contribution in [2.45, 2.75) is 10.2 Å². The molecular formula is C14H9N5S. The Kier molecular flexibility index (Phi) is 2.60. The molecule has 0 bridgehead atoms. The Morgan fingerprint density at radius 3 is 2.85 bits per heavy atom. The summed E-state index contributed by atoms with van der Waals surface area (Å²) < 4.78 is 0. The van der Waals surface area contributed by atoms with Gasteiger partial charge in [-0.15, -0.1) is 0 Å². The number of pyridine rings is 1. The van der Waals surface area contributed by atoms with E-state index in [4.69, 9.17) is 0 Å². The van der Waals surface area contributed by atoms with Gasteiger partial charge >= 0.3 is 0 Å². The van der Waals surface area contributed by atoms with Crippen LogP contribution in [-0.4, -0.2) is 24.9 Å². The van der Waals surface area contributed by atoms with Gasteiger partial charge in [0.05, 0.1) is 16.4 Å². The topological polar surface area (TPSA) is 67.3 Å². The number of rotatable bonds is 2. The predicted molar refractivity (Wildman–Crippen MR) is 77.5 cm³/mol. The number of nitrogens with one attached hydrogen (secondary N) is 1. The van der Waals surface area contributed by atoms with Gasteiger partial charge in [-0.1, -0.05) is 12.1 Å². The highest BCUT2D eigenvalue weighted by Gasteiger charge is 2.09. The summed E-state index contributed by atoms with van der Waals surface area (Å²) in [5.74, 6) is 0. The number of nitrogens with zero attached hydrogens (tertiary/aromatic N) is 4. The molecule has 5 nitrogen and oxygen atoms in total. The number of hydrogen-bond acceptors (Lipinski definition) is 5. The normalized spacial score (nSPS) is 11.2. The van der Waals surface area contributed by atoms with Crippen LogP contribution >= 0.6 is 11.8 Å². The van der Waals surface area contributed by atoms with Crippen molar-refractivity contribution in [1.82, 2.24) is 24.9 Å². The molecule has 0 fully saturated rings. The number of imidazole rings is 1. The van der Waals surface area contributed by atoms with Crippen LogP contribution in [0.15, 0.2) is 59.1 Å². The number of hydrogen-bond donors (Lipinski definition) is 1. The standard InChI is InChI=1S/C14H9N5S/c1-2-6-11-10(5-1)18-14(19-11)20-13-9-4-3-7-15-12(9)16-8-17-13/h1-8H,(H,18,19). The van der Waals surface area contributed by atoms with Gasteiger partial charge in [0.15, 0.2) is 10.8 Å². The highest BCUT2D eigenvalue weighted by Crippen LogP contribution is 2.29. The Morgan fingerprint density at radius 2 is 1.90 bits per heavy atom. The first-order valence-electron chi connectivity index (χ1n) is 6.08. The van der Waals surface area contributed by atoms with Crippen molar-refractivity contribution >= 4 is 33.8 Å². The molecule has 0 spiro atoms. The first-order valence-corrected chi connectivity index (χ1v) is 6.90. The minimum atomic E-state index is 0.695. The fourth-order valence-corrected chi connectivity index (χ4v) is 2.88. The highest BCUT2D eigenvalue weighted by atomic mass is 32.2. The smallest absolute Gasteiger partial charge is 0.172 e. The average molecular weight is 279 g/mol. The molecule has 6 heteroatoms. The summed E-state index contributed by atoms with van der Waals surface area (Å²) in [6.07, 6.45) is 3.26. The fraction of sp³-hybridized carbons (Fsp3) is 0.